The van der Waals surface area contributed by atoms with Gasteiger partial charge in [0.2, 0.25) is 0 Å². The van der Waals surface area contributed by atoms with Crippen molar-refractivity contribution in [2.75, 3.05) is 20.0 Å². The van der Waals surface area contributed by atoms with E-state index in [1.807, 2.05) is 12.1 Å². The normalized spacial score (nSPS) is 10.3. The van der Waals surface area contributed by atoms with Gasteiger partial charge in [-0.2, -0.15) is 0 Å². The van der Waals surface area contributed by atoms with E-state index < -0.39 is 5.91 Å². The monoisotopic (exact) mass is 276 g/mol. The van der Waals surface area contributed by atoms with Crippen LogP contribution in [0.2, 0.25) is 0 Å². The molecule has 0 aliphatic rings. The first-order valence-electron chi connectivity index (χ1n) is 5.88. The number of imidazole rings is 1. The van der Waals surface area contributed by atoms with Gasteiger partial charge in [0, 0.05) is 6.54 Å². The second-order valence-corrected chi connectivity index (χ2v) is 4.16. The lowest BCUT2D eigenvalue weighted by atomic mass is 10.2. The fourth-order valence-corrected chi connectivity index (χ4v) is 1.96. The zero-order chi connectivity index (χ0) is 14.7. The highest BCUT2D eigenvalue weighted by Gasteiger charge is 2.14. The molecule has 4 N–H and O–H groups in total. The number of primary amides is 1. The molecule has 106 valence electrons. The summed E-state index contributed by atoms with van der Waals surface area (Å²) in [4.78, 5) is 15.2. The summed E-state index contributed by atoms with van der Waals surface area (Å²) in [6.45, 7) is 0.406. The van der Waals surface area contributed by atoms with Crippen molar-refractivity contribution < 1.29 is 14.3 Å². The van der Waals surface area contributed by atoms with E-state index in [9.17, 15) is 4.79 Å². The number of rotatable bonds is 5. The van der Waals surface area contributed by atoms with Crippen molar-refractivity contribution in [3.05, 3.63) is 35.8 Å². The SMILES string of the molecule is COc1ccc(Cn2cnc(N)c2C(N)=O)cc1OC. The first kappa shape index (κ1) is 13.7. The van der Waals surface area contributed by atoms with Crippen molar-refractivity contribution in [2.24, 2.45) is 5.73 Å². The maximum Gasteiger partial charge on any atom is 0.269 e. The summed E-state index contributed by atoms with van der Waals surface area (Å²) in [6.07, 6.45) is 1.48. The fraction of sp³-hybridized carbons (Fsp3) is 0.231. The Morgan fingerprint density at radius 1 is 1.30 bits per heavy atom. The average molecular weight is 276 g/mol. The van der Waals surface area contributed by atoms with Gasteiger partial charge in [0.1, 0.15) is 0 Å². The summed E-state index contributed by atoms with van der Waals surface area (Å²) >= 11 is 0. The molecule has 1 heterocycles. The molecule has 0 atom stereocenters. The molecule has 1 aromatic carbocycles. The average Bonchev–Trinajstić information content (AvgIpc) is 2.79. The van der Waals surface area contributed by atoms with Crippen LogP contribution < -0.4 is 20.9 Å². The minimum Gasteiger partial charge on any atom is -0.493 e. The predicted octanol–water partition coefficient (Wildman–Crippen LogP) is 0.630. The Bertz CT molecular complexity index is 637. The molecule has 2 aromatic rings. The molecule has 0 aliphatic carbocycles. The van der Waals surface area contributed by atoms with E-state index >= 15 is 0 Å². The third-order valence-electron chi connectivity index (χ3n) is 2.90. The van der Waals surface area contributed by atoms with Crippen LogP contribution >= 0.6 is 0 Å². The number of carbonyl (C=O) groups excluding carboxylic acids is 1. The number of nitrogens with two attached hydrogens (primary N) is 2. The lowest BCUT2D eigenvalue weighted by Crippen LogP contribution is -2.18. The van der Waals surface area contributed by atoms with Gasteiger partial charge in [0.25, 0.3) is 5.91 Å². The number of nitrogen functional groups attached to an aromatic ring is 1. The van der Waals surface area contributed by atoms with Crippen molar-refractivity contribution in [2.45, 2.75) is 6.54 Å². The van der Waals surface area contributed by atoms with Crippen LogP contribution in [0.4, 0.5) is 5.82 Å². The van der Waals surface area contributed by atoms with E-state index in [4.69, 9.17) is 20.9 Å². The molecule has 2 rings (SSSR count). The van der Waals surface area contributed by atoms with E-state index in [-0.39, 0.29) is 11.5 Å². The number of hydrogen-bond donors (Lipinski definition) is 2. The lowest BCUT2D eigenvalue weighted by molar-refractivity contribution is 0.0993. The van der Waals surface area contributed by atoms with Gasteiger partial charge in [-0.25, -0.2) is 4.98 Å². The van der Waals surface area contributed by atoms with Gasteiger partial charge < -0.3 is 25.5 Å². The van der Waals surface area contributed by atoms with Crippen molar-refractivity contribution >= 4 is 11.7 Å². The standard InChI is InChI=1S/C13H16N4O3/c1-19-9-4-3-8(5-10(9)20-2)6-17-7-16-12(14)11(17)13(15)18/h3-5,7H,6,14H2,1-2H3,(H2,15,18). The maximum atomic E-state index is 11.4. The number of anilines is 1. The Balaban J connectivity index is 2.33. The van der Waals surface area contributed by atoms with Crippen LogP contribution in [0.15, 0.2) is 24.5 Å². The Hall–Kier alpha value is -2.70. The van der Waals surface area contributed by atoms with Gasteiger partial charge in [-0.3, -0.25) is 4.79 Å². The minimum atomic E-state index is -0.611. The Morgan fingerprint density at radius 3 is 2.60 bits per heavy atom. The lowest BCUT2D eigenvalue weighted by Gasteiger charge is -2.11. The van der Waals surface area contributed by atoms with E-state index in [2.05, 4.69) is 4.98 Å². The number of aromatic nitrogens is 2. The number of benzene rings is 1. The van der Waals surface area contributed by atoms with Crippen LogP contribution in [-0.2, 0) is 6.54 Å². The number of nitrogens with zero attached hydrogens (tertiary/aromatic N) is 2. The minimum absolute atomic E-state index is 0.123. The number of hydrogen-bond acceptors (Lipinski definition) is 5. The van der Waals surface area contributed by atoms with Gasteiger partial charge >= 0.3 is 0 Å². The van der Waals surface area contributed by atoms with Crippen LogP contribution in [0.1, 0.15) is 16.1 Å². The van der Waals surface area contributed by atoms with Gasteiger partial charge in [-0.1, -0.05) is 6.07 Å². The van der Waals surface area contributed by atoms with Crippen molar-refractivity contribution in [3.63, 3.8) is 0 Å². The van der Waals surface area contributed by atoms with Crippen LogP contribution in [0.3, 0.4) is 0 Å². The molecule has 1 aromatic heterocycles. The zero-order valence-electron chi connectivity index (χ0n) is 11.3. The summed E-state index contributed by atoms with van der Waals surface area (Å²) < 4.78 is 12.0. The van der Waals surface area contributed by atoms with Crippen LogP contribution in [0.25, 0.3) is 0 Å². The number of methoxy groups -OCH3 is 2. The van der Waals surface area contributed by atoms with Crippen LogP contribution in [-0.4, -0.2) is 29.7 Å². The van der Waals surface area contributed by atoms with Crippen LogP contribution in [0.5, 0.6) is 11.5 Å². The molecule has 0 bridgehead atoms. The molecule has 0 unspecified atom stereocenters. The smallest absolute Gasteiger partial charge is 0.269 e. The van der Waals surface area contributed by atoms with Gasteiger partial charge in [0.05, 0.1) is 20.5 Å². The van der Waals surface area contributed by atoms with Gasteiger partial charge in [0.15, 0.2) is 23.0 Å². The number of amides is 1. The summed E-state index contributed by atoms with van der Waals surface area (Å²) in [6, 6.07) is 5.47. The Morgan fingerprint density at radius 2 is 2.00 bits per heavy atom. The van der Waals surface area contributed by atoms with E-state index in [1.54, 1.807) is 24.9 Å². The van der Waals surface area contributed by atoms with E-state index in [0.29, 0.717) is 18.0 Å². The molecule has 0 radical (unpaired) electrons. The summed E-state index contributed by atoms with van der Waals surface area (Å²) in [5.41, 5.74) is 12.0. The predicted molar refractivity (Wildman–Crippen MR) is 73.8 cm³/mol. The van der Waals surface area contributed by atoms with E-state index in [1.165, 1.54) is 6.33 Å². The summed E-state index contributed by atoms with van der Waals surface area (Å²) in [5.74, 6) is 0.758. The maximum absolute atomic E-state index is 11.4. The number of ether oxygens (including phenoxy) is 2. The van der Waals surface area contributed by atoms with Crippen molar-refractivity contribution in [3.8, 4) is 11.5 Å². The molecule has 0 saturated heterocycles. The second kappa shape index (κ2) is 5.52. The third-order valence-corrected chi connectivity index (χ3v) is 2.90. The Kier molecular flexibility index (Phi) is 3.79. The molecule has 7 nitrogen and oxygen atoms in total. The number of carbonyl (C=O) groups is 1. The molecule has 0 saturated carbocycles. The molecular weight excluding hydrogens is 260 g/mol. The van der Waals surface area contributed by atoms with Gasteiger partial charge in [-0.15, -0.1) is 0 Å². The topological polar surface area (TPSA) is 105 Å². The molecule has 0 spiro atoms. The fourth-order valence-electron chi connectivity index (χ4n) is 1.96. The summed E-state index contributed by atoms with van der Waals surface area (Å²) in [5, 5.41) is 0. The zero-order valence-corrected chi connectivity index (χ0v) is 11.3. The Labute approximate surface area is 116 Å². The highest BCUT2D eigenvalue weighted by Crippen LogP contribution is 2.28. The first-order valence-corrected chi connectivity index (χ1v) is 5.88. The third kappa shape index (κ3) is 2.51. The van der Waals surface area contributed by atoms with Crippen molar-refractivity contribution in [1.29, 1.82) is 0 Å². The van der Waals surface area contributed by atoms with Crippen molar-refractivity contribution in [1.82, 2.24) is 9.55 Å². The highest BCUT2D eigenvalue weighted by molar-refractivity contribution is 5.95. The molecule has 1 amide bonds. The molecule has 0 aliphatic heterocycles. The molecule has 0 fully saturated rings. The van der Waals surface area contributed by atoms with Crippen LogP contribution in [0, 0.1) is 0 Å². The second-order valence-electron chi connectivity index (χ2n) is 4.16. The summed E-state index contributed by atoms with van der Waals surface area (Å²) in [7, 11) is 3.13. The highest BCUT2D eigenvalue weighted by atomic mass is 16.5. The first-order chi connectivity index (χ1) is 9.56. The van der Waals surface area contributed by atoms with Gasteiger partial charge in [-0.05, 0) is 17.7 Å². The molecule has 20 heavy (non-hydrogen) atoms. The quantitative estimate of drug-likeness (QED) is 0.833. The van der Waals surface area contributed by atoms with E-state index in [0.717, 1.165) is 5.56 Å². The largest absolute Gasteiger partial charge is 0.493 e. The molecular formula is C13H16N4O3. The molecule has 7 heteroatoms.